The van der Waals surface area contributed by atoms with Crippen LogP contribution in [0.4, 0.5) is 17.6 Å². The molecule has 1 aromatic heterocycles. The van der Waals surface area contributed by atoms with Crippen molar-refractivity contribution in [1.29, 1.82) is 0 Å². The van der Waals surface area contributed by atoms with Gasteiger partial charge in [-0.1, -0.05) is 121 Å². The summed E-state index contributed by atoms with van der Waals surface area (Å²) >= 11 is 1.65. The minimum Gasteiger partial charge on any atom is -0.207 e. The van der Waals surface area contributed by atoms with Crippen molar-refractivity contribution in [1.82, 2.24) is 0 Å². The second-order valence-corrected chi connectivity index (χ2v) is 17.9. The van der Waals surface area contributed by atoms with Crippen LogP contribution in [-0.2, 0) is 0 Å². The Morgan fingerprint density at radius 2 is 0.477 bits per heavy atom. The van der Waals surface area contributed by atoms with Gasteiger partial charge in [-0.15, -0.1) is 11.3 Å². The maximum atomic E-state index is 15.0. The summed E-state index contributed by atoms with van der Waals surface area (Å²) < 4.78 is 62.1. The molecular formula is C60H32F4S. The Morgan fingerprint density at radius 3 is 0.800 bits per heavy atom. The summed E-state index contributed by atoms with van der Waals surface area (Å²) in [4.78, 5) is 0. The van der Waals surface area contributed by atoms with Gasteiger partial charge in [-0.2, -0.15) is 0 Å². The van der Waals surface area contributed by atoms with Crippen LogP contribution in [0, 0.1) is 23.3 Å². The minimum absolute atomic E-state index is 0.402. The van der Waals surface area contributed by atoms with Gasteiger partial charge < -0.3 is 0 Å². The molecule has 12 aromatic carbocycles. The standard InChI is InChI=1S/C60H32F4S/c61-39-21-35(22-40(62)31-39)37-27-53(33-17-19-51-47-13-3-1-9-43(47)45-11-5-7-15-49(45)55(51)25-33)59-57(29-37)58-30-38(36-23-41(63)32-42(64)24-36)28-54(60(58)65-59)34-18-20-52-48-14-4-2-10-44(48)46-12-6-8-16-50(46)56(52)26-34/h1-32H. The molecule has 306 valence electrons. The van der Waals surface area contributed by atoms with Crippen LogP contribution in [0.15, 0.2) is 194 Å². The number of halogens is 4. The predicted octanol–water partition coefficient (Wildman–Crippen LogP) is 18.2. The van der Waals surface area contributed by atoms with Crippen molar-refractivity contribution < 1.29 is 17.6 Å². The molecule has 0 bridgehead atoms. The predicted molar refractivity (Wildman–Crippen MR) is 266 cm³/mol. The molecule has 0 spiro atoms. The molecule has 0 fully saturated rings. The van der Waals surface area contributed by atoms with E-state index in [4.69, 9.17) is 0 Å². The van der Waals surface area contributed by atoms with Gasteiger partial charge in [0.25, 0.3) is 0 Å². The molecule has 0 N–H and O–H groups in total. The fourth-order valence-corrected chi connectivity index (χ4v) is 11.7. The van der Waals surface area contributed by atoms with Gasteiger partial charge in [0.2, 0.25) is 0 Å². The van der Waals surface area contributed by atoms with Gasteiger partial charge in [-0.25, -0.2) is 17.6 Å². The molecule has 0 atom stereocenters. The molecule has 0 aliphatic carbocycles. The number of rotatable bonds is 4. The Bertz CT molecular complexity index is 3800. The van der Waals surface area contributed by atoms with Gasteiger partial charge in [0.15, 0.2) is 0 Å². The highest BCUT2D eigenvalue weighted by atomic mass is 32.1. The summed E-state index contributed by atoms with van der Waals surface area (Å²) in [7, 11) is 0. The molecule has 65 heavy (non-hydrogen) atoms. The van der Waals surface area contributed by atoms with E-state index in [-0.39, 0.29) is 0 Å². The average molecular weight is 861 g/mol. The van der Waals surface area contributed by atoms with E-state index in [9.17, 15) is 0 Å². The number of hydrogen-bond acceptors (Lipinski definition) is 1. The highest BCUT2D eigenvalue weighted by Crippen LogP contribution is 2.49. The van der Waals surface area contributed by atoms with E-state index in [1.807, 2.05) is 24.3 Å². The zero-order valence-corrected chi connectivity index (χ0v) is 35.2. The molecule has 0 aliphatic heterocycles. The van der Waals surface area contributed by atoms with Crippen LogP contribution in [0.3, 0.4) is 0 Å². The molecule has 0 unspecified atom stereocenters. The van der Waals surface area contributed by atoms with E-state index < -0.39 is 23.3 Å². The lowest BCUT2D eigenvalue weighted by molar-refractivity contribution is 0.583. The van der Waals surface area contributed by atoms with Crippen LogP contribution in [0.5, 0.6) is 0 Å². The summed E-state index contributed by atoms with van der Waals surface area (Å²) in [6, 6.07) is 62.2. The molecule has 1 heterocycles. The highest BCUT2D eigenvalue weighted by Gasteiger charge is 2.21. The van der Waals surface area contributed by atoms with Gasteiger partial charge in [-0.05, 0) is 159 Å². The lowest BCUT2D eigenvalue weighted by Gasteiger charge is -2.14. The molecule has 0 saturated heterocycles. The minimum atomic E-state index is -0.671. The number of benzene rings is 12. The van der Waals surface area contributed by atoms with Crippen LogP contribution in [0.1, 0.15) is 0 Å². The lowest BCUT2D eigenvalue weighted by Crippen LogP contribution is -1.89. The maximum absolute atomic E-state index is 15.0. The number of thiophene rings is 1. The first-order valence-electron chi connectivity index (χ1n) is 21.5. The van der Waals surface area contributed by atoms with Crippen LogP contribution in [0.2, 0.25) is 0 Å². The molecule has 0 radical (unpaired) electrons. The summed E-state index contributed by atoms with van der Waals surface area (Å²) in [5, 5.41) is 15.4. The molecule has 0 aliphatic rings. The fourth-order valence-electron chi connectivity index (χ4n) is 10.3. The quantitative estimate of drug-likeness (QED) is 0.122. The second-order valence-electron chi connectivity index (χ2n) is 16.9. The molecular weight excluding hydrogens is 829 g/mol. The largest absolute Gasteiger partial charge is 0.207 e. The van der Waals surface area contributed by atoms with E-state index in [1.165, 1.54) is 35.0 Å². The normalized spacial score (nSPS) is 12.0. The van der Waals surface area contributed by atoms with E-state index in [0.29, 0.717) is 22.3 Å². The lowest BCUT2D eigenvalue weighted by atomic mass is 9.89. The Hall–Kier alpha value is -7.86. The van der Waals surface area contributed by atoms with Gasteiger partial charge in [-0.3, -0.25) is 0 Å². The monoisotopic (exact) mass is 860 g/mol. The highest BCUT2D eigenvalue weighted by molar-refractivity contribution is 7.27. The van der Waals surface area contributed by atoms with Crippen molar-refractivity contribution in [2.45, 2.75) is 0 Å². The van der Waals surface area contributed by atoms with Crippen molar-refractivity contribution in [2.24, 2.45) is 0 Å². The molecule has 5 heteroatoms. The van der Waals surface area contributed by atoms with Crippen molar-refractivity contribution in [2.75, 3.05) is 0 Å². The first kappa shape index (κ1) is 37.7. The van der Waals surface area contributed by atoms with Crippen molar-refractivity contribution in [3.05, 3.63) is 217 Å². The van der Waals surface area contributed by atoms with E-state index in [0.717, 1.165) is 108 Å². The second kappa shape index (κ2) is 14.3. The van der Waals surface area contributed by atoms with Gasteiger partial charge in [0.05, 0.1) is 0 Å². The van der Waals surface area contributed by atoms with E-state index in [2.05, 4.69) is 133 Å². The van der Waals surface area contributed by atoms with E-state index in [1.54, 1.807) is 11.3 Å². The molecule has 13 rings (SSSR count). The zero-order chi connectivity index (χ0) is 43.5. The molecule has 0 saturated carbocycles. The fraction of sp³-hybridized carbons (Fsp3) is 0. The van der Waals surface area contributed by atoms with Crippen LogP contribution >= 0.6 is 11.3 Å². The Kier molecular flexibility index (Phi) is 8.31. The van der Waals surface area contributed by atoms with E-state index >= 15 is 17.6 Å². The van der Waals surface area contributed by atoms with Gasteiger partial charge in [0, 0.05) is 43.4 Å². The number of fused-ring (bicyclic) bond motifs is 15. The summed E-state index contributed by atoms with van der Waals surface area (Å²) in [5.41, 5.74) is 5.80. The Labute approximate surface area is 373 Å². The van der Waals surface area contributed by atoms with Crippen molar-refractivity contribution in [3.8, 4) is 44.5 Å². The van der Waals surface area contributed by atoms with Crippen molar-refractivity contribution in [3.63, 3.8) is 0 Å². The summed E-state index contributed by atoms with van der Waals surface area (Å²) in [6.07, 6.45) is 0. The third-order valence-corrected chi connectivity index (χ3v) is 14.5. The topological polar surface area (TPSA) is 0 Å². The summed E-state index contributed by atoms with van der Waals surface area (Å²) in [6.45, 7) is 0. The molecule has 0 nitrogen and oxygen atoms in total. The maximum Gasteiger partial charge on any atom is 0.126 e. The third kappa shape index (κ3) is 5.96. The smallest absolute Gasteiger partial charge is 0.126 e. The van der Waals surface area contributed by atoms with Gasteiger partial charge >= 0.3 is 0 Å². The average Bonchev–Trinajstić information content (AvgIpc) is 3.71. The molecule has 13 aromatic rings. The third-order valence-electron chi connectivity index (χ3n) is 13.2. The van der Waals surface area contributed by atoms with Crippen LogP contribution in [-0.4, -0.2) is 0 Å². The summed E-state index contributed by atoms with van der Waals surface area (Å²) in [5.74, 6) is -2.68. The Morgan fingerprint density at radius 1 is 0.215 bits per heavy atom. The Balaban J connectivity index is 1.15. The first-order chi connectivity index (χ1) is 31.8. The zero-order valence-electron chi connectivity index (χ0n) is 34.4. The first-order valence-corrected chi connectivity index (χ1v) is 22.3. The molecule has 0 amide bonds. The van der Waals surface area contributed by atoms with Crippen LogP contribution < -0.4 is 0 Å². The van der Waals surface area contributed by atoms with Crippen molar-refractivity contribution >= 4 is 96.1 Å². The van der Waals surface area contributed by atoms with Crippen LogP contribution in [0.25, 0.3) is 129 Å². The number of hydrogen-bond donors (Lipinski definition) is 0. The SMILES string of the molecule is Fc1cc(F)cc(-c2cc(-c3ccc4c5ccccc5c5ccccc5c4c3)c3sc4c(-c5ccc6c7ccccc7c7ccccc7c6c5)cc(-c5cc(F)cc(F)c5)cc4c3c2)c1. The van der Waals surface area contributed by atoms with Gasteiger partial charge in [0.1, 0.15) is 23.3 Å².